The number of pyridine rings is 1. The zero-order valence-corrected chi connectivity index (χ0v) is 12.8. The van der Waals surface area contributed by atoms with Crippen molar-refractivity contribution in [3.05, 3.63) is 48.8 Å². The van der Waals surface area contributed by atoms with Gasteiger partial charge in [-0.3, -0.25) is 0 Å². The Morgan fingerprint density at radius 3 is 2.68 bits per heavy atom. The lowest BCUT2D eigenvalue weighted by molar-refractivity contribution is -0.702. The fourth-order valence-electron chi connectivity index (χ4n) is 3.52. The molecule has 0 spiro atoms. The maximum absolute atomic E-state index is 4.70. The van der Waals surface area contributed by atoms with E-state index in [1.165, 1.54) is 32.1 Å². The fraction of sp³-hybridized carbons (Fsp3) is 0.368. The molecule has 0 atom stereocenters. The summed E-state index contributed by atoms with van der Waals surface area (Å²) in [5.74, 6) is 1.79. The van der Waals surface area contributed by atoms with Gasteiger partial charge in [0.2, 0.25) is 0 Å². The highest BCUT2D eigenvalue weighted by atomic mass is 15.0. The van der Waals surface area contributed by atoms with Gasteiger partial charge in [-0.15, -0.1) is 0 Å². The average Bonchev–Trinajstić information content (AvgIpc) is 3.00. The van der Waals surface area contributed by atoms with E-state index in [-0.39, 0.29) is 0 Å². The molecule has 4 rings (SSSR count). The third-order valence-electron chi connectivity index (χ3n) is 4.72. The van der Waals surface area contributed by atoms with Crippen LogP contribution in [0, 0.1) is 5.92 Å². The van der Waals surface area contributed by atoms with Crippen molar-refractivity contribution in [2.45, 2.75) is 38.6 Å². The molecule has 0 unspecified atom stereocenters. The molecule has 1 aliphatic rings. The van der Waals surface area contributed by atoms with Crippen molar-refractivity contribution < 1.29 is 4.57 Å². The number of nitrogens with zero attached hydrogens (tertiary/aromatic N) is 2. The third kappa shape index (κ3) is 2.76. The largest absolute Gasteiger partial charge is 0.333 e. The highest BCUT2D eigenvalue weighted by Crippen LogP contribution is 2.24. The SMILES string of the molecule is c1ccc(-c2nc3cc[n+](CC4CCCCC4)cc3[nH]2)cc1. The first-order valence-corrected chi connectivity index (χ1v) is 8.33. The van der Waals surface area contributed by atoms with Crippen LogP contribution in [0.2, 0.25) is 0 Å². The summed E-state index contributed by atoms with van der Waals surface area (Å²) in [5, 5.41) is 0. The second-order valence-corrected chi connectivity index (χ2v) is 6.40. The Balaban J connectivity index is 1.60. The molecule has 0 aliphatic heterocycles. The van der Waals surface area contributed by atoms with Crippen molar-refractivity contribution in [1.29, 1.82) is 0 Å². The molecule has 112 valence electrons. The normalized spacial score (nSPS) is 16.2. The number of nitrogens with one attached hydrogen (secondary N) is 1. The Hall–Kier alpha value is -2.16. The molecule has 1 N–H and O–H groups in total. The van der Waals surface area contributed by atoms with Crippen LogP contribution in [0.15, 0.2) is 48.8 Å². The molecule has 0 amide bonds. The van der Waals surface area contributed by atoms with E-state index in [0.29, 0.717) is 0 Å². The molecule has 3 heteroatoms. The van der Waals surface area contributed by atoms with Crippen LogP contribution in [0.5, 0.6) is 0 Å². The molecular formula is C19H22N3+. The van der Waals surface area contributed by atoms with Crippen LogP contribution in [0.1, 0.15) is 32.1 Å². The second-order valence-electron chi connectivity index (χ2n) is 6.40. The first-order chi connectivity index (χ1) is 10.9. The predicted molar refractivity (Wildman–Crippen MR) is 88.3 cm³/mol. The van der Waals surface area contributed by atoms with Crippen LogP contribution >= 0.6 is 0 Å². The number of aromatic amines is 1. The zero-order valence-electron chi connectivity index (χ0n) is 12.8. The number of fused-ring (bicyclic) bond motifs is 1. The van der Waals surface area contributed by atoms with Gasteiger partial charge in [0, 0.05) is 17.5 Å². The van der Waals surface area contributed by atoms with Gasteiger partial charge in [0.25, 0.3) is 0 Å². The summed E-state index contributed by atoms with van der Waals surface area (Å²) in [6.07, 6.45) is 11.4. The minimum absolute atomic E-state index is 0.840. The number of H-pyrrole nitrogens is 1. The monoisotopic (exact) mass is 292 g/mol. The topological polar surface area (TPSA) is 32.6 Å². The van der Waals surface area contributed by atoms with Gasteiger partial charge in [-0.05, 0) is 12.8 Å². The van der Waals surface area contributed by atoms with Crippen LogP contribution < -0.4 is 4.57 Å². The number of hydrogen-bond donors (Lipinski definition) is 1. The molecule has 3 aromatic rings. The van der Waals surface area contributed by atoms with E-state index in [2.05, 4.69) is 40.1 Å². The van der Waals surface area contributed by atoms with Gasteiger partial charge in [0.05, 0.1) is 0 Å². The molecule has 2 aromatic heterocycles. The van der Waals surface area contributed by atoms with E-state index in [1.54, 1.807) is 0 Å². The lowest BCUT2D eigenvalue weighted by Crippen LogP contribution is -2.37. The Labute approximate surface area is 131 Å². The van der Waals surface area contributed by atoms with Gasteiger partial charge < -0.3 is 4.98 Å². The van der Waals surface area contributed by atoms with Crippen LogP contribution in [0.3, 0.4) is 0 Å². The Kier molecular flexibility index (Phi) is 3.63. The van der Waals surface area contributed by atoms with Crippen molar-refractivity contribution >= 4 is 11.0 Å². The number of aromatic nitrogens is 3. The van der Waals surface area contributed by atoms with Crippen molar-refractivity contribution in [1.82, 2.24) is 9.97 Å². The predicted octanol–water partition coefficient (Wildman–Crippen LogP) is 4.10. The summed E-state index contributed by atoms with van der Waals surface area (Å²) >= 11 is 0. The summed E-state index contributed by atoms with van der Waals surface area (Å²) in [6.45, 7) is 1.13. The smallest absolute Gasteiger partial charge is 0.194 e. The van der Waals surface area contributed by atoms with Gasteiger partial charge in [0.1, 0.15) is 16.9 Å². The summed E-state index contributed by atoms with van der Waals surface area (Å²) in [5.41, 5.74) is 3.30. The van der Waals surface area contributed by atoms with Crippen LogP contribution in [-0.2, 0) is 6.54 Å². The summed E-state index contributed by atoms with van der Waals surface area (Å²) in [7, 11) is 0. The van der Waals surface area contributed by atoms with E-state index in [1.807, 2.05) is 18.2 Å². The van der Waals surface area contributed by atoms with E-state index >= 15 is 0 Å². The molecule has 3 nitrogen and oxygen atoms in total. The van der Waals surface area contributed by atoms with Gasteiger partial charge in [-0.25, -0.2) is 9.55 Å². The Morgan fingerprint density at radius 2 is 1.86 bits per heavy atom. The van der Waals surface area contributed by atoms with Crippen LogP contribution in [-0.4, -0.2) is 9.97 Å². The van der Waals surface area contributed by atoms with Crippen molar-refractivity contribution in [2.75, 3.05) is 0 Å². The number of hydrogen-bond acceptors (Lipinski definition) is 1. The maximum Gasteiger partial charge on any atom is 0.194 e. The molecular weight excluding hydrogens is 270 g/mol. The molecule has 1 fully saturated rings. The summed E-state index contributed by atoms with van der Waals surface area (Å²) in [6, 6.07) is 12.4. The molecule has 0 saturated heterocycles. The minimum atomic E-state index is 0.840. The van der Waals surface area contributed by atoms with E-state index < -0.39 is 0 Å². The molecule has 1 aliphatic carbocycles. The minimum Gasteiger partial charge on any atom is -0.333 e. The third-order valence-corrected chi connectivity index (χ3v) is 4.72. The first kappa shape index (κ1) is 13.5. The van der Waals surface area contributed by atoms with Gasteiger partial charge in [-0.1, -0.05) is 49.6 Å². The standard InChI is InChI=1S/C19H21N3/c1-3-7-15(8-4-1)13-22-12-11-17-18(14-22)21-19(20-17)16-9-5-2-6-10-16/h2,5-6,9-12,14-15H,1,3-4,7-8,13H2/p+1. The Bertz CT molecular complexity index is 755. The van der Waals surface area contributed by atoms with E-state index in [0.717, 1.165) is 34.9 Å². The van der Waals surface area contributed by atoms with Gasteiger partial charge >= 0.3 is 0 Å². The molecule has 2 heterocycles. The molecule has 1 saturated carbocycles. The molecule has 22 heavy (non-hydrogen) atoms. The van der Waals surface area contributed by atoms with Crippen molar-refractivity contribution in [3.8, 4) is 11.4 Å². The fourth-order valence-corrected chi connectivity index (χ4v) is 3.52. The highest BCUT2D eigenvalue weighted by molar-refractivity contribution is 5.77. The number of benzene rings is 1. The first-order valence-electron chi connectivity index (χ1n) is 8.33. The quantitative estimate of drug-likeness (QED) is 0.724. The number of imidazole rings is 1. The molecule has 0 bridgehead atoms. The van der Waals surface area contributed by atoms with Crippen LogP contribution in [0.4, 0.5) is 0 Å². The second kappa shape index (κ2) is 5.91. The summed E-state index contributed by atoms with van der Waals surface area (Å²) in [4.78, 5) is 8.16. The highest BCUT2D eigenvalue weighted by Gasteiger charge is 2.18. The van der Waals surface area contributed by atoms with Crippen molar-refractivity contribution in [3.63, 3.8) is 0 Å². The Morgan fingerprint density at radius 1 is 1.05 bits per heavy atom. The summed E-state index contributed by atoms with van der Waals surface area (Å²) < 4.78 is 2.32. The lowest BCUT2D eigenvalue weighted by atomic mass is 9.89. The van der Waals surface area contributed by atoms with E-state index in [9.17, 15) is 0 Å². The number of rotatable bonds is 3. The zero-order chi connectivity index (χ0) is 14.8. The van der Waals surface area contributed by atoms with E-state index in [4.69, 9.17) is 4.98 Å². The van der Waals surface area contributed by atoms with Gasteiger partial charge in [0.15, 0.2) is 18.9 Å². The maximum atomic E-state index is 4.70. The average molecular weight is 292 g/mol. The van der Waals surface area contributed by atoms with Crippen LogP contribution in [0.25, 0.3) is 22.4 Å². The van der Waals surface area contributed by atoms with Crippen molar-refractivity contribution in [2.24, 2.45) is 5.92 Å². The molecule has 1 aromatic carbocycles. The van der Waals surface area contributed by atoms with Gasteiger partial charge in [-0.2, -0.15) is 0 Å². The lowest BCUT2D eigenvalue weighted by Gasteiger charge is -2.18. The molecule has 0 radical (unpaired) electrons.